The highest BCUT2D eigenvalue weighted by molar-refractivity contribution is 7.85. The highest BCUT2D eigenvalue weighted by Crippen LogP contribution is 2.32. The molecule has 1 saturated carbocycles. The molecular formula is C29H30FN5OS. The van der Waals surface area contributed by atoms with Gasteiger partial charge in [-0.1, -0.05) is 49.4 Å². The van der Waals surface area contributed by atoms with Crippen LogP contribution in [0, 0.1) is 23.1 Å². The predicted molar refractivity (Wildman–Crippen MR) is 145 cm³/mol. The Morgan fingerprint density at radius 1 is 1.30 bits per heavy atom. The second-order valence-electron chi connectivity index (χ2n) is 9.75. The van der Waals surface area contributed by atoms with Gasteiger partial charge in [-0.3, -0.25) is 4.79 Å². The number of halogens is 1. The van der Waals surface area contributed by atoms with E-state index in [-0.39, 0.29) is 17.5 Å². The minimum Gasteiger partial charge on any atom is -0.345 e. The Bertz CT molecular complexity index is 1420. The lowest BCUT2D eigenvalue weighted by atomic mass is 9.94. The van der Waals surface area contributed by atoms with E-state index in [1.807, 2.05) is 36.0 Å². The van der Waals surface area contributed by atoms with Gasteiger partial charge < -0.3 is 9.88 Å². The van der Waals surface area contributed by atoms with E-state index in [0.717, 1.165) is 36.1 Å². The number of hydrogen-bond donors (Lipinski definition) is 2. The van der Waals surface area contributed by atoms with Crippen LogP contribution in [0.5, 0.6) is 0 Å². The molecule has 3 unspecified atom stereocenters. The molecule has 1 aromatic heterocycles. The summed E-state index contributed by atoms with van der Waals surface area (Å²) < 4.78 is 24.4. The molecule has 190 valence electrons. The van der Waals surface area contributed by atoms with Gasteiger partial charge in [-0.25, -0.2) is 13.5 Å². The smallest absolute Gasteiger partial charge is 0.272 e. The molecule has 2 heterocycles. The van der Waals surface area contributed by atoms with Crippen molar-refractivity contribution in [3.8, 4) is 6.07 Å². The lowest BCUT2D eigenvalue weighted by Gasteiger charge is -2.22. The number of nitrogens with zero attached hydrogens (tertiary/aromatic N) is 3. The molecule has 1 aliphatic heterocycles. The van der Waals surface area contributed by atoms with Gasteiger partial charge >= 0.3 is 0 Å². The first-order valence-corrected chi connectivity index (χ1v) is 13.7. The SMILES string of the molecule is CC(CCc1ccccc1)C1C=Cc2c(cn(C)c2C(=O)Nc2ccc(F)c(C#N)c2)/S(=N\C2CC2)N1. The zero-order chi connectivity index (χ0) is 25.9. The number of aromatic nitrogens is 1. The first-order valence-electron chi connectivity index (χ1n) is 12.6. The number of fused-ring (bicyclic) bond motifs is 1. The van der Waals surface area contributed by atoms with E-state index in [2.05, 4.69) is 47.3 Å². The van der Waals surface area contributed by atoms with Gasteiger partial charge in [-0.15, -0.1) is 0 Å². The van der Waals surface area contributed by atoms with E-state index < -0.39 is 16.7 Å². The second-order valence-corrected chi connectivity index (χ2v) is 11.2. The summed E-state index contributed by atoms with van der Waals surface area (Å²) in [7, 11) is 1.30. The number of nitrogens with one attached hydrogen (secondary N) is 2. The molecular weight excluding hydrogens is 485 g/mol. The maximum atomic E-state index is 13.8. The molecule has 1 aliphatic carbocycles. The topological polar surface area (TPSA) is 82.2 Å². The third kappa shape index (κ3) is 5.74. The van der Waals surface area contributed by atoms with Crippen molar-refractivity contribution in [2.45, 2.75) is 49.6 Å². The largest absolute Gasteiger partial charge is 0.345 e. The number of nitriles is 1. The summed E-state index contributed by atoms with van der Waals surface area (Å²) in [6.45, 7) is 2.26. The third-order valence-corrected chi connectivity index (χ3v) is 8.56. The molecule has 1 fully saturated rings. The van der Waals surface area contributed by atoms with Gasteiger partial charge in [-0.05, 0) is 55.4 Å². The Balaban J connectivity index is 1.42. The van der Waals surface area contributed by atoms with Gasteiger partial charge in [0, 0.05) is 41.4 Å². The molecule has 2 aliphatic rings. The lowest BCUT2D eigenvalue weighted by Crippen LogP contribution is -2.34. The van der Waals surface area contributed by atoms with Crippen molar-refractivity contribution < 1.29 is 9.18 Å². The van der Waals surface area contributed by atoms with Crippen LogP contribution in [-0.4, -0.2) is 22.6 Å². The van der Waals surface area contributed by atoms with E-state index in [9.17, 15) is 9.18 Å². The van der Waals surface area contributed by atoms with E-state index in [1.54, 1.807) is 0 Å². The predicted octanol–water partition coefficient (Wildman–Crippen LogP) is 5.78. The molecule has 5 rings (SSSR count). The van der Waals surface area contributed by atoms with E-state index >= 15 is 0 Å². The molecule has 3 atom stereocenters. The molecule has 0 bridgehead atoms. The van der Waals surface area contributed by atoms with Gasteiger partial charge in [0.25, 0.3) is 5.91 Å². The fourth-order valence-corrected chi connectivity index (χ4v) is 6.48. The molecule has 0 saturated heterocycles. The fourth-order valence-electron chi connectivity index (χ4n) is 4.47. The average Bonchev–Trinajstić information content (AvgIpc) is 3.68. The van der Waals surface area contributed by atoms with Crippen LogP contribution in [0.25, 0.3) is 6.08 Å². The molecule has 8 heteroatoms. The highest BCUT2D eigenvalue weighted by atomic mass is 32.2. The van der Waals surface area contributed by atoms with Crippen molar-refractivity contribution >= 4 is 28.5 Å². The number of carbonyl (C=O) groups is 1. The van der Waals surface area contributed by atoms with Gasteiger partial charge in [0.05, 0.1) is 16.5 Å². The van der Waals surface area contributed by atoms with Crippen molar-refractivity contribution in [3.05, 3.63) is 89.0 Å². The number of amides is 1. The van der Waals surface area contributed by atoms with E-state index in [1.165, 1.54) is 23.8 Å². The number of anilines is 1. The summed E-state index contributed by atoms with van der Waals surface area (Å²) >= 11 is 0. The first-order chi connectivity index (χ1) is 17.9. The van der Waals surface area contributed by atoms with Crippen LogP contribution in [0.3, 0.4) is 0 Å². The van der Waals surface area contributed by atoms with E-state index in [0.29, 0.717) is 23.3 Å². The second kappa shape index (κ2) is 10.8. The van der Waals surface area contributed by atoms with Crippen LogP contribution in [0.1, 0.15) is 53.4 Å². The van der Waals surface area contributed by atoms with Gasteiger partial charge in [0.15, 0.2) is 0 Å². The van der Waals surface area contributed by atoms with Crippen molar-refractivity contribution in [2.75, 3.05) is 5.32 Å². The summed E-state index contributed by atoms with van der Waals surface area (Å²) in [5.41, 5.74) is 2.96. The Morgan fingerprint density at radius 3 is 2.81 bits per heavy atom. The summed E-state index contributed by atoms with van der Waals surface area (Å²) in [6, 6.07) is 16.8. The van der Waals surface area contributed by atoms with Crippen LogP contribution in [-0.2, 0) is 24.3 Å². The van der Waals surface area contributed by atoms with Gasteiger partial charge in [0.1, 0.15) is 17.6 Å². The van der Waals surface area contributed by atoms with Crippen molar-refractivity contribution in [1.29, 1.82) is 5.26 Å². The summed E-state index contributed by atoms with van der Waals surface area (Å²) in [5.74, 6) is -0.547. The number of carbonyl (C=O) groups excluding carboxylic acids is 1. The zero-order valence-corrected chi connectivity index (χ0v) is 21.8. The van der Waals surface area contributed by atoms with Crippen LogP contribution < -0.4 is 10.0 Å². The standard InChI is InChI=1S/C29H30FN5OS/c1-19(8-9-20-6-4-3-5-7-20)26-15-13-24-27(37(34-26)33-22-10-11-22)18-35(2)28(24)29(36)32-23-12-14-25(30)21(16-23)17-31/h3-7,12-16,18-19,22,26H,8-11H2,1-2H3,(H,32,36)(H,33,34). The van der Waals surface area contributed by atoms with Crippen molar-refractivity contribution in [3.63, 3.8) is 0 Å². The number of rotatable bonds is 7. The Kier molecular flexibility index (Phi) is 7.36. The monoisotopic (exact) mass is 515 g/mol. The fraction of sp³-hybridized carbons (Fsp3) is 0.310. The normalized spacial score (nSPS) is 19.6. The number of benzene rings is 2. The average molecular weight is 516 g/mol. The van der Waals surface area contributed by atoms with Crippen LogP contribution in [0.4, 0.5) is 10.1 Å². The molecule has 0 radical (unpaired) electrons. The molecule has 3 aromatic rings. The molecule has 6 nitrogen and oxygen atoms in total. The summed E-state index contributed by atoms with van der Waals surface area (Å²) in [4.78, 5) is 14.4. The maximum absolute atomic E-state index is 13.8. The Morgan fingerprint density at radius 2 is 2.08 bits per heavy atom. The highest BCUT2D eigenvalue weighted by Gasteiger charge is 2.29. The quantitative estimate of drug-likeness (QED) is 0.418. The van der Waals surface area contributed by atoms with Gasteiger partial charge in [0.2, 0.25) is 0 Å². The van der Waals surface area contributed by atoms with Gasteiger partial charge in [-0.2, -0.15) is 5.26 Å². The van der Waals surface area contributed by atoms with E-state index in [4.69, 9.17) is 9.62 Å². The first kappa shape index (κ1) is 25.1. The lowest BCUT2D eigenvalue weighted by molar-refractivity contribution is 0.101. The van der Waals surface area contributed by atoms with Crippen LogP contribution in [0.15, 0.2) is 70.1 Å². The van der Waals surface area contributed by atoms with Crippen LogP contribution >= 0.6 is 0 Å². The maximum Gasteiger partial charge on any atom is 0.272 e. The minimum absolute atomic E-state index is 0.107. The Hall–Kier alpha value is -3.54. The zero-order valence-electron chi connectivity index (χ0n) is 20.9. The molecule has 2 aromatic carbocycles. The molecule has 1 amide bonds. The number of hydrogen-bond acceptors (Lipinski definition) is 3. The Labute approximate surface area is 219 Å². The molecule has 37 heavy (non-hydrogen) atoms. The summed E-state index contributed by atoms with van der Waals surface area (Å²) in [5, 5.41) is 12.0. The van der Waals surface area contributed by atoms with Crippen LogP contribution in [0.2, 0.25) is 0 Å². The van der Waals surface area contributed by atoms with Crippen molar-refractivity contribution in [1.82, 2.24) is 9.29 Å². The van der Waals surface area contributed by atoms with Crippen molar-refractivity contribution in [2.24, 2.45) is 17.3 Å². The molecule has 0 spiro atoms. The number of aryl methyl sites for hydroxylation is 2. The molecule has 2 N–H and O–H groups in total. The minimum atomic E-state index is -0.611. The third-order valence-electron chi connectivity index (χ3n) is 6.82. The summed E-state index contributed by atoms with van der Waals surface area (Å²) in [6.07, 6.45) is 10.4.